The first kappa shape index (κ1) is 15.5. The fourth-order valence-electron chi connectivity index (χ4n) is 2.21. The third-order valence-electron chi connectivity index (χ3n) is 3.32. The van der Waals surface area contributed by atoms with E-state index in [4.69, 9.17) is 17.3 Å². The smallest absolute Gasteiger partial charge is 0.126 e. The minimum absolute atomic E-state index is 0.172. The number of hydrogen-bond acceptors (Lipinski definition) is 1. The van der Waals surface area contributed by atoms with Gasteiger partial charge in [0.25, 0.3) is 0 Å². The zero-order chi connectivity index (χ0) is 14.5. The van der Waals surface area contributed by atoms with E-state index in [1.54, 1.807) is 12.1 Å². The van der Waals surface area contributed by atoms with Crippen molar-refractivity contribution >= 4 is 27.5 Å². The van der Waals surface area contributed by atoms with Gasteiger partial charge in [-0.05, 0) is 54.6 Å². The molecule has 0 radical (unpaired) electrons. The normalized spacial score (nSPS) is 12.4. The second-order valence-electron chi connectivity index (χ2n) is 4.84. The van der Waals surface area contributed by atoms with Crippen molar-refractivity contribution in [2.45, 2.75) is 12.8 Å². The molecule has 0 aliphatic heterocycles. The Balaban J connectivity index is 2.11. The van der Waals surface area contributed by atoms with Crippen LogP contribution in [-0.2, 0) is 12.8 Å². The molecule has 0 aliphatic rings. The summed E-state index contributed by atoms with van der Waals surface area (Å²) < 4.78 is 14.6. The molecule has 0 saturated heterocycles. The molecule has 2 aromatic carbocycles. The SMILES string of the molecule is NCC(Cc1ccccc1F)Cc1ccc(Br)cc1Cl. The summed E-state index contributed by atoms with van der Waals surface area (Å²) in [7, 11) is 0. The quantitative estimate of drug-likeness (QED) is 0.832. The van der Waals surface area contributed by atoms with Gasteiger partial charge < -0.3 is 5.73 Å². The van der Waals surface area contributed by atoms with Gasteiger partial charge in [-0.25, -0.2) is 4.39 Å². The summed E-state index contributed by atoms with van der Waals surface area (Å²) in [6.45, 7) is 0.501. The van der Waals surface area contributed by atoms with Crippen LogP contribution in [0.5, 0.6) is 0 Å². The molecule has 106 valence electrons. The topological polar surface area (TPSA) is 26.0 Å². The highest BCUT2D eigenvalue weighted by Crippen LogP contribution is 2.25. The minimum Gasteiger partial charge on any atom is -0.330 e. The molecule has 0 saturated carbocycles. The van der Waals surface area contributed by atoms with Crippen LogP contribution < -0.4 is 5.73 Å². The van der Waals surface area contributed by atoms with Gasteiger partial charge in [-0.1, -0.05) is 51.8 Å². The van der Waals surface area contributed by atoms with Crippen molar-refractivity contribution in [3.05, 3.63) is 68.9 Å². The van der Waals surface area contributed by atoms with Crippen LogP contribution in [0.2, 0.25) is 5.02 Å². The highest BCUT2D eigenvalue weighted by atomic mass is 79.9. The Bertz CT molecular complexity index is 588. The molecule has 2 rings (SSSR count). The molecule has 1 nitrogen and oxygen atoms in total. The van der Waals surface area contributed by atoms with E-state index in [-0.39, 0.29) is 11.7 Å². The third-order valence-corrected chi connectivity index (χ3v) is 4.17. The van der Waals surface area contributed by atoms with Gasteiger partial charge in [0, 0.05) is 9.50 Å². The molecule has 0 amide bonds. The van der Waals surface area contributed by atoms with Crippen LogP contribution in [-0.4, -0.2) is 6.54 Å². The average Bonchev–Trinajstić information content (AvgIpc) is 2.43. The lowest BCUT2D eigenvalue weighted by molar-refractivity contribution is 0.512. The van der Waals surface area contributed by atoms with Crippen LogP contribution in [0, 0.1) is 11.7 Å². The molecule has 4 heteroatoms. The van der Waals surface area contributed by atoms with Crippen molar-refractivity contribution in [3.63, 3.8) is 0 Å². The fourth-order valence-corrected chi connectivity index (χ4v) is 2.96. The monoisotopic (exact) mass is 355 g/mol. The molecule has 0 heterocycles. The number of rotatable bonds is 5. The lowest BCUT2D eigenvalue weighted by atomic mass is 9.92. The van der Waals surface area contributed by atoms with Crippen molar-refractivity contribution in [2.75, 3.05) is 6.54 Å². The van der Waals surface area contributed by atoms with E-state index in [1.165, 1.54) is 6.07 Å². The molecule has 0 spiro atoms. The lowest BCUT2D eigenvalue weighted by Crippen LogP contribution is -2.20. The van der Waals surface area contributed by atoms with E-state index in [0.717, 1.165) is 16.5 Å². The Labute approximate surface area is 132 Å². The first-order valence-electron chi connectivity index (χ1n) is 6.47. The van der Waals surface area contributed by atoms with Crippen LogP contribution in [0.4, 0.5) is 4.39 Å². The maximum absolute atomic E-state index is 13.7. The predicted molar refractivity (Wildman–Crippen MR) is 85.5 cm³/mol. The van der Waals surface area contributed by atoms with Crippen molar-refractivity contribution in [1.29, 1.82) is 0 Å². The third kappa shape index (κ3) is 4.05. The van der Waals surface area contributed by atoms with Gasteiger partial charge in [0.15, 0.2) is 0 Å². The van der Waals surface area contributed by atoms with Gasteiger partial charge in [0.1, 0.15) is 5.82 Å². The second-order valence-corrected chi connectivity index (χ2v) is 6.16. The summed E-state index contributed by atoms with van der Waals surface area (Å²) in [5, 5.41) is 0.714. The molecular formula is C16H16BrClFN. The van der Waals surface area contributed by atoms with E-state index in [2.05, 4.69) is 15.9 Å². The van der Waals surface area contributed by atoms with Crippen LogP contribution >= 0.6 is 27.5 Å². The first-order valence-corrected chi connectivity index (χ1v) is 7.64. The molecule has 0 fully saturated rings. The second kappa shape index (κ2) is 7.21. The Morgan fingerprint density at radius 1 is 1.10 bits per heavy atom. The summed E-state index contributed by atoms with van der Waals surface area (Å²) in [5.41, 5.74) is 7.57. The minimum atomic E-state index is -0.173. The van der Waals surface area contributed by atoms with E-state index in [9.17, 15) is 4.39 Å². The predicted octanol–water partition coefficient (Wildman–Crippen LogP) is 4.60. The number of hydrogen-bond donors (Lipinski definition) is 1. The maximum Gasteiger partial charge on any atom is 0.126 e. The maximum atomic E-state index is 13.7. The molecule has 0 aromatic heterocycles. The van der Waals surface area contributed by atoms with Gasteiger partial charge in [-0.3, -0.25) is 0 Å². The van der Waals surface area contributed by atoms with E-state index < -0.39 is 0 Å². The van der Waals surface area contributed by atoms with Crippen molar-refractivity contribution < 1.29 is 4.39 Å². The van der Waals surface area contributed by atoms with Crippen molar-refractivity contribution in [2.24, 2.45) is 11.7 Å². The summed E-state index contributed by atoms with van der Waals surface area (Å²) in [6, 6.07) is 12.6. The van der Waals surface area contributed by atoms with Crippen LogP contribution in [0.15, 0.2) is 46.9 Å². The Hall–Kier alpha value is -0.900. The molecule has 2 N–H and O–H groups in total. The van der Waals surface area contributed by atoms with Gasteiger partial charge in [-0.2, -0.15) is 0 Å². The average molecular weight is 357 g/mol. The number of halogens is 3. The molecule has 0 bridgehead atoms. The van der Waals surface area contributed by atoms with Gasteiger partial charge in [-0.15, -0.1) is 0 Å². The Morgan fingerprint density at radius 2 is 1.80 bits per heavy atom. The molecule has 1 atom stereocenters. The first-order chi connectivity index (χ1) is 9.60. The molecule has 20 heavy (non-hydrogen) atoms. The molecular weight excluding hydrogens is 341 g/mol. The lowest BCUT2D eigenvalue weighted by Gasteiger charge is -2.16. The largest absolute Gasteiger partial charge is 0.330 e. The Kier molecular flexibility index (Phi) is 5.58. The number of benzene rings is 2. The van der Waals surface area contributed by atoms with Crippen LogP contribution in [0.1, 0.15) is 11.1 Å². The Morgan fingerprint density at radius 3 is 2.45 bits per heavy atom. The van der Waals surface area contributed by atoms with Gasteiger partial charge in [0.05, 0.1) is 0 Å². The van der Waals surface area contributed by atoms with Crippen molar-refractivity contribution in [3.8, 4) is 0 Å². The summed E-state index contributed by atoms with van der Waals surface area (Å²) >= 11 is 9.60. The van der Waals surface area contributed by atoms with Crippen LogP contribution in [0.3, 0.4) is 0 Å². The van der Waals surface area contributed by atoms with E-state index in [1.807, 2.05) is 24.3 Å². The standard InChI is InChI=1S/C16H16BrClFN/c17-14-6-5-12(15(18)9-14)7-11(10-20)8-13-3-1-2-4-16(13)19/h1-6,9,11H,7-8,10,20H2. The zero-order valence-corrected chi connectivity index (χ0v) is 13.3. The zero-order valence-electron chi connectivity index (χ0n) is 11.0. The summed E-state index contributed by atoms with van der Waals surface area (Å²) in [5.74, 6) is -0.00146. The van der Waals surface area contributed by atoms with Crippen LogP contribution in [0.25, 0.3) is 0 Å². The molecule has 0 aliphatic carbocycles. The van der Waals surface area contributed by atoms with Crippen molar-refractivity contribution in [1.82, 2.24) is 0 Å². The summed E-state index contributed by atoms with van der Waals surface area (Å²) in [6.07, 6.45) is 1.37. The fraction of sp³-hybridized carbons (Fsp3) is 0.250. The molecule has 1 unspecified atom stereocenters. The highest BCUT2D eigenvalue weighted by molar-refractivity contribution is 9.10. The highest BCUT2D eigenvalue weighted by Gasteiger charge is 2.13. The van der Waals surface area contributed by atoms with Gasteiger partial charge >= 0.3 is 0 Å². The number of nitrogens with two attached hydrogens (primary N) is 1. The summed E-state index contributed by atoms with van der Waals surface area (Å²) in [4.78, 5) is 0. The van der Waals surface area contributed by atoms with Gasteiger partial charge in [0.2, 0.25) is 0 Å². The van der Waals surface area contributed by atoms with E-state index in [0.29, 0.717) is 23.6 Å². The van der Waals surface area contributed by atoms with E-state index >= 15 is 0 Å². The molecule has 2 aromatic rings.